The Hall–Kier alpha value is -3.01. The van der Waals surface area contributed by atoms with Gasteiger partial charge in [-0.15, -0.1) is 0 Å². The van der Waals surface area contributed by atoms with Crippen molar-refractivity contribution in [2.45, 2.75) is 13.1 Å². The van der Waals surface area contributed by atoms with E-state index in [0.29, 0.717) is 0 Å². The maximum absolute atomic E-state index is 12.4. The molecular weight excluding hydrogens is 405 g/mol. The molecule has 0 bridgehead atoms. The highest BCUT2D eigenvalue weighted by atomic mass is 35.5. The lowest BCUT2D eigenvalue weighted by Crippen LogP contribution is -2.20. The predicted molar refractivity (Wildman–Crippen MR) is 95.2 cm³/mol. The van der Waals surface area contributed by atoms with Gasteiger partial charge in [-0.25, -0.2) is 0 Å². The molecule has 0 aliphatic rings. The topological polar surface area (TPSA) is 90.7 Å². The average molecular weight is 419 g/mol. The van der Waals surface area contributed by atoms with Gasteiger partial charge in [0.05, 0.1) is 17.2 Å². The van der Waals surface area contributed by atoms with E-state index in [2.05, 4.69) is 10.1 Å². The minimum absolute atomic E-state index is 0.0130. The molecule has 1 amide bonds. The van der Waals surface area contributed by atoms with E-state index in [-0.39, 0.29) is 34.4 Å². The SMILES string of the molecule is CCOc1ccc(C(=O)Nc2cc(Cl)ccc2OCC(F)(F)F)cc1[N+](=O)[O-]. The third-order valence-electron chi connectivity index (χ3n) is 3.30. The lowest BCUT2D eigenvalue weighted by Gasteiger charge is -2.14. The van der Waals surface area contributed by atoms with Crippen LogP contribution in [-0.4, -0.2) is 30.2 Å². The predicted octanol–water partition coefficient (Wildman–Crippen LogP) is 4.84. The number of halogens is 4. The number of nitro benzene ring substituents is 1. The van der Waals surface area contributed by atoms with Crippen LogP contribution in [0.3, 0.4) is 0 Å². The number of hydrogen-bond acceptors (Lipinski definition) is 5. The summed E-state index contributed by atoms with van der Waals surface area (Å²) < 4.78 is 47.0. The highest BCUT2D eigenvalue weighted by molar-refractivity contribution is 6.31. The number of hydrogen-bond donors (Lipinski definition) is 1. The zero-order valence-electron chi connectivity index (χ0n) is 14.4. The van der Waals surface area contributed by atoms with Crippen LogP contribution in [0, 0.1) is 10.1 Å². The van der Waals surface area contributed by atoms with Crippen LogP contribution in [0.5, 0.6) is 11.5 Å². The van der Waals surface area contributed by atoms with Crippen molar-refractivity contribution in [1.82, 2.24) is 0 Å². The Kier molecular flexibility index (Phi) is 6.68. The van der Waals surface area contributed by atoms with Gasteiger partial charge in [-0.1, -0.05) is 11.6 Å². The average Bonchev–Trinajstić information content (AvgIpc) is 2.60. The first-order valence-corrected chi connectivity index (χ1v) is 8.20. The van der Waals surface area contributed by atoms with Gasteiger partial charge in [0.15, 0.2) is 12.4 Å². The summed E-state index contributed by atoms with van der Waals surface area (Å²) in [4.78, 5) is 22.9. The number of amides is 1. The summed E-state index contributed by atoms with van der Waals surface area (Å²) in [7, 11) is 0. The molecular formula is C17H14ClF3N2O5. The molecule has 2 aromatic carbocycles. The zero-order valence-corrected chi connectivity index (χ0v) is 15.1. The summed E-state index contributed by atoms with van der Waals surface area (Å²) in [6, 6.07) is 7.22. The van der Waals surface area contributed by atoms with Crippen LogP contribution in [0.15, 0.2) is 36.4 Å². The van der Waals surface area contributed by atoms with Gasteiger partial charge in [0.2, 0.25) is 0 Å². The molecule has 0 heterocycles. The van der Waals surface area contributed by atoms with Crippen molar-refractivity contribution in [2.24, 2.45) is 0 Å². The molecule has 0 unspecified atom stereocenters. The molecule has 0 saturated carbocycles. The van der Waals surface area contributed by atoms with Gasteiger partial charge < -0.3 is 14.8 Å². The second kappa shape index (κ2) is 8.79. The van der Waals surface area contributed by atoms with Crippen molar-refractivity contribution in [3.63, 3.8) is 0 Å². The highest BCUT2D eigenvalue weighted by Crippen LogP contribution is 2.32. The quantitative estimate of drug-likeness (QED) is 0.513. The van der Waals surface area contributed by atoms with E-state index in [4.69, 9.17) is 16.3 Å². The lowest BCUT2D eigenvalue weighted by molar-refractivity contribution is -0.385. The number of nitro groups is 1. The minimum Gasteiger partial charge on any atom is -0.487 e. The number of nitrogens with zero attached hydrogens (tertiary/aromatic N) is 1. The number of benzene rings is 2. The summed E-state index contributed by atoms with van der Waals surface area (Å²) in [6.45, 7) is 0.271. The summed E-state index contributed by atoms with van der Waals surface area (Å²) >= 11 is 5.82. The third-order valence-corrected chi connectivity index (χ3v) is 3.53. The normalized spacial score (nSPS) is 11.0. The largest absolute Gasteiger partial charge is 0.487 e. The van der Waals surface area contributed by atoms with Crippen LogP contribution in [0.4, 0.5) is 24.5 Å². The second-order valence-corrected chi connectivity index (χ2v) is 5.81. The third kappa shape index (κ3) is 5.74. The van der Waals surface area contributed by atoms with Gasteiger partial charge in [0.25, 0.3) is 5.91 Å². The van der Waals surface area contributed by atoms with Crippen LogP contribution in [0.1, 0.15) is 17.3 Å². The molecule has 2 aromatic rings. The van der Waals surface area contributed by atoms with E-state index in [9.17, 15) is 28.1 Å². The Balaban J connectivity index is 2.28. The highest BCUT2D eigenvalue weighted by Gasteiger charge is 2.29. The van der Waals surface area contributed by atoms with Crippen LogP contribution >= 0.6 is 11.6 Å². The molecule has 11 heteroatoms. The molecule has 7 nitrogen and oxygen atoms in total. The van der Waals surface area contributed by atoms with Crippen molar-refractivity contribution in [3.05, 3.63) is 57.1 Å². The first-order chi connectivity index (χ1) is 13.1. The van der Waals surface area contributed by atoms with Crippen molar-refractivity contribution < 1.29 is 32.4 Å². The first kappa shape index (κ1) is 21.3. The molecule has 0 spiro atoms. The van der Waals surface area contributed by atoms with Crippen molar-refractivity contribution in [1.29, 1.82) is 0 Å². The van der Waals surface area contributed by atoms with E-state index < -0.39 is 29.3 Å². The number of rotatable bonds is 7. The number of carbonyl (C=O) groups is 1. The molecule has 28 heavy (non-hydrogen) atoms. The number of nitrogens with one attached hydrogen (secondary N) is 1. The van der Waals surface area contributed by atoms with Gasteiger partial charge in [-0.3, -0.25) is 14.9 Å². The maximum Gasteiger partial charge on any atom is 0.422 e. The Morgan fingerprint density at radius 2 is 1.86 bits per heavy atom. The van der Waals surface area contributed by atoms with Crippen molar-refractivity contribution in [3.8, 4) is 11.5 Å². The molecule has 0 atom stereocenters. The zero-order chi connectivity index (χ0) is 20.9. The molecule has 0 aromatic heterocycles. The summed E-state index contributed by atoms with van der Waals surface area (Å²) in [6.07, 6.45) is -4.57. The van der Waals surface area contributed by atoms with E-state index in [1.165, 1.54) is 30.3 Å². The second-order valence-electron chi connectivity index (χ2n) is 5.37. The van der Waals surface area contributed by atoms with E-state index in [0.717, 1.165) is 6.07 Å². The summed E-state index contributed by atoms with van der Waals surface area (Å²) in [5.41, 5.74) is -0.635. The number of alkyl halides is 3. The van der Waals surface area contributed by atoms with Gasteiger partial charge in [0, 0.05) is 16.7 Å². The summed E-state index contributed by atoms with van der Waals surface area (Å²) in [5.74, 6) is -1.07. The number of anilines is 1. The van der Waals surface area contributed by atoms with Crippen molar-refractivity contribution in [2.75, 3.05) is 18.5 Å². The Morgan fingerprint density at radius 3 is 2.46 bits per heavy atom. The molecule has 1 N–H and O–H groups in total. The molecule has 0 aliphatic heterocycles. The molecule has 0 fully saturated rings. The molecule has 0 radical (unpaired) electrons. The van der Waals surface area contributed by atoms with Crippen LogP contribution in [-0.2, 0) is 0 Å². The van der Waals surface area contributed by atoms with Crippen molar-refractivity contribution >= 4 is 28.9 Å². The minimum atomic E-state index is -4.57. The maximum atomic E-state index is 12.4. The van der Waals surface area contributed by atoms with Crippen LogP contribution < -0.4 is 14.8 Å². The van der Waals surface area contributed by atoms with E-state index >= 15 is 0 Å². The Bertz CT molecular complexity index is 890. The van der Waals surface area contributed by atoms with Gasteiger partial charge in [-0.2, -0.15) is 13.2 Å². The number of carbonyl (C=O) groups excluding carboxylic acids is 1. The smallest absolute Gasteiger partial charge is 0.422 e. The summed E-state index contributed by atoms with van der Waals surface area (Å²) in [5, 5.41) is 13.6. The molecule has 0 aliphatic carbocycles. The molecule has 2 rings (SSSR count). The van der Waals surface area contributed by atoms with Crippen LogP contribution in [0.2, 0.25) is 5.02 Å². The Morgan fingerprint density at radius 1 is 1.18 bits per heavy atom. The van der Waals surface area contributed by atoms with Gasteiger partial charge in [0.1, 0.15) is 5.75 Å². The monoisotopic (exact) mass is 418 g/mol. The Labute approximate surface area is 162 Å². The molecule has 0 saturated heterocycles. The fraction of sp³-hybridized carbons (Fsp3) is 0.235. The van der Waals surface area contributed by atoms with E-state index in [1.807, 2.05) is 0 Å². The van der Waals surface area contributed by atoms with Gasteiger partial charge >= 0.3 is 11.9 Å². The number of ether oxygens (including phenoxy) is 2. The van der Waals surface area contributed by atoms with Gasteiger partial charge in [-0.05, 0) is 37.3 Å². The standard InChI is InChI=1S/C17H14ClF3N2O5/c1-2-27-15-5-3-10(7-13(15)23(25)26)16(24)22-12-8-11(18)4-6-14(12)28-9-17(19,20)21/h3-8H,2,9H2,1H3,(H,22,24). The lowest BCUT2D eigenvalue weighted by atomic mass is 10.1. The van der Waals surface area contributed by atoms with E-state index in [1.54, 1.807) is 6.92 Å². The first-order valence-electron chi connectivity index (χ1n) is 7.82. The molecule has 150 valence electrons. The van der Waals surface area contributed by atoms with Crippen LogP contribution in [0.25, 0.3) is 0 Å². The fourth-order valence-corrected chi connectivity index (χ4v) is 2.33. The fourth-order valence-electron chi connectivity index (χ4n) is 2.16.